The molecule has 0 amide bonds. The van der Waals surface area contributed by atoms with Gasteiger partial charge in [0.25, 0.3) is 0 Å². The number of carbonyl (C=O) groups is 1. The number of hydrogen-bond acceptors (Lipinski definition) is 5. The Balaban J connectivity index is 2.09. The summed E-state index contributed by atoms with van der Waals surface area (Å²) in [5.41, 5.74) is -0.103. The van der Waals surface area contributed by atoms with Crippen molar-refractivity contribution >= 4 is 5.97 Å². The highest BCUT2D eigenvalue weighted by Crippen LogP contribution is 2.35. The van der Waals surface area contributed by atoms with Crippen LogP contribution >= 0.6 is 0 Å². The summed E-state index contributed by atoms with van der Waals surface area (Å²) in [7, 11) is 0. The summed E-state index contributed by atoms with van der Waals surface area (Å²) >= 11 is 0. The van der Waals surface area contributed by atoms with Gasteiger partial charge in [0.2, 0.25) is 0 Å². The van der Waals surface area contributed by atoms with Crippen molar-refractivity contribution in [1.29, 1.82) is 0 Å². The van der Waals surface area contributed by atoms with Crippen LogP contribution in [0.15, 0.2) is 0 Å². The first-order chi connectivity index (χ1) is 9.16. The van der Waals surface area contributed by atoms with Gasteiger partial charge in [-0.05, 0) is 26.7 Å². The maximum Gasteiger partial charge on any atom is 0.307 e. The number of rotatable bonds is 4. The molecule has 0 aromatic heterocycles. The minimum atomic E-state index is -0.103. The van der Waals surface area contributed by atoms with E-state index in [1.165, 1.54) is 0 Å². The van der Waals surface area contributed by atoms with Crippen LogP contribution in [-0.4, -0.2) is 62.0 Å². The second-order valence-corrected chi connectivity index (χ2v) is 5.44. The molecule has 0 N–H and O–H groups in total. The molecule has 0 spiro atoms. The first-order valence-electron chi connectivity index (χ1n) is 7.26. The van der Waals surface area contributed by atoms with E-state index in [4.69, 9.17) is 14.2 Å². The molecule has 0 saturated carbocycles. The van der Waals surface area contributed by atoms with Crippen molar-refractivity contribution in [2.24, 2.45) is 0 Å². The summed E-state index contributed by atoms with van der Waals surface area (Å²) < 4.78 is 16.2. The maximum atomic E-state index is 11.9. The molecule has 110 valence electrons. The van der Waals surface area contributed by atoms with Gasteiger partial charge in [0, 0.05) is 25.2 Å². The molecule has 0 aromatic rings. The van der Waals surface area contributed by atoms with Gasteiger partial charge in [0.15, 0.2) is 0 Å². The number of esters is 1. The van der Waals surface area contributed by atoms with Gasteiger partial charge in [-0.2, -0.15) is 0 Å². The highest BCUT2D eigenvalue weighted by Gasteiger charge is 2.43. The van der Waals surface area contributed by atoms with E-state index in [0.717, 1.165) is 45.8 Å². The van der Waals surface area contributed by atoms with Crippen LogP contribution in [0, 0.1) is 0 Å². The fourth-order valence-corrected chi connectivity index (χ4v) is 3.22. The van der Waals surface area contributed by atoms with Gasteiger partial charge < -0.3 is 14.2 Å². The molecule has 2 heterocycles. The SMILES string of the molecule is CCOC(=O)CC1(N2CCOCC2)CCOC(C)C1. The zero-order valence-electron chi connectivity index (χ0n) is 12.0. The maximum absolute atomic E-state index is 11.9. The van der Waals surface area contributed by atoms with Crippen LogP contribution in [0.2, 0.25) is 0 Å². The Hall–Kier alpha value is -0.650. The summed E-state index contributed by atoms with van der Waals surface area (Å²) in [6, 6.07) is 0. The lowest BCUT2D eigenvalue weighted by molar-refractivity contribution is -0.153. The van der Waals surface area contributed by atoms with E-state index in [9.17, 15) is 4.79 Å². The highest BCUT2D eigenvalue weighted by atomic mass is 16.5. The minimum Gasteiger partial charge on any atom is -0.466 e. The number of morpholine rings is 1. The fourth-order valence-electron chi connectivity index (χ4n) is 3.22. The van der Waals surface area contributed by atoms with E-state index in [2.05, 4.69) is 11.8 Å². The van der Waals surface area contributed by atoms with Crippen LogP contribution in [0.25, 0.3) is 0 Å². The summed E-state index contributed by atoms with van der Waals surface area (Å²) in [5, 5.41) is 0. The van der Waals surface area contributed by atoms with E-state index < -0.39 is 0 Å². The lowest BCUT2D eigenvalue weighted by Gasteiger charge is -2.48. The molecular weight excluding hydrogens is 246 g/mol. The third kappa shape index (κ3) is 3.68. The van der Waals surface area contributed by atoms with Crippen molar-refractivity contribution in [2.45, 2.75) is 44.8 Å². The van der Waals surface area contributed by atoms with Crippen molar-refractivity contribution < 1.29 is 19.0 Å². The average molecular weight is 271 g/mol. The highest BCUT2D eigenvalue weighted by molar-refractivity contribution is 5.71. The van der Waals surface area contributed by atoms with E-state index >= 15 is 0 Å². The van der Waals surface area contributed by atoms with E-state index in [-0.39, 0.29) is 17.6 Å². The van der Waals surface area contributed by atoms with Gasteiger partial charge in [0.1, 0.15) is 0 Å². The Kier molecular flexibility index (Phi) is 5.19. The lowest BCUT2D eigenvalue weighted by Crippen LogP contribution is -2.58. The number of ether oxygens (including phenoxy) is 3. The van der Waals surface area contributed by atoms with E-state index in [1.54, 1.807) is 0 Å². The van der Waals surface area contributed by atoms with Gasteiger partial charge in [-0.1, -0.05) is 0 Å². The molecule has 2 fully saturated rings. The third-order valence-corrected chi connectivity index (χ3v) is 4.10. The van der Waals surface area contributed by atoms with Gasteiger partial charge >= 0.3 is 5.97 Å². The number of nitrogens with zero attached hydrogens (tertiary/aromatic N) is 1. The van der Waals surface area contributed by atoms with E-state index in [0.29, 0.717) is 13.0 Å². The minimum absolute atomic E-state index is 0.0944. The first kappa shape index (κ1) is 14.8. The predicted octanol–water partition coefficient (Wildman–Crippen LogP) is 1.21. The Morgan fingerprint density at radius 2 is 2.11 bits per heavy atom. The second-order valence-electron chi connectivity index (χ2n) is 5.44. The average Bonchev–Trinajstić information content (AvgIpc) is 2.40. The summed E-state index contributed by atoms with van der Waals surface area (Å²) in [6.45, 7) is 8.39. The molecule has 0 aromatic carbocycles. The predicted molar refractivity (Wildman–Crippen MR) is 71.0 cm³/mol. The molecule has 0 radical (unpaired) electrons. The third-order valence-electron chi connectivity index (χ3n) is 4.10. The van der Waals surface area contributed by atoms with Crippen LogP contribution in [0.3, 0.4) is 0 Å². The lowest BCUT2D eigenvalue weighted by atomic mass is 9.82. The summed E-state index contributed by atoms with van der Waals surface area (Å²) in [5.74, 6) is -0.0944. The zero-order chi connectivity index (χ0) is 13.7. The van der Waals surface area contributed by atoms with Gasteiger partial charge in [0.05, 0.1) is 32.3 Å². The molecular formula is C14H25NO4. The van der Waals surface area contributed by atoms with Crippen molar-refractivity contribution in [1.82, 2.24) is 4.90 Å². The van der Waals surface area contributed by atoms with Crippen LogP contribution in [0.4, 0.5) is 0 Å². The quantitative estimate of drug-likeness (QED) is 0.719. The monoisotopic (exact) mass is 271 g/mol. The van der Waals surface area contributed by atoms with Crippen LogP contribution in [0.1, 0.15) is 33.1 Å². The molecule has 2 saturated heterocycles. The number of hydrogen-bond donors (Lipinski definition) is 0. The van der Waals surface area contributed by atoms with Crippen molar-refractivity contribution in [3.8, 4) is 0 Å². The normalized spacial score (nSPS) is 33.1. The van der Waals surface area contributed by atoms with Gasteiger partial charge in [-0.15, -0.1) is 0 Å². The van der Waals surface area contributed by atoms with Crippen LogP contribution in [0.5, 0.6) is 0 Å². The van der Waals surface area contributed by atoms with Crippen molar-refractivity contribution in [2.75, 3.05) is 39.5 Å². The van der Waals surface area contributed by atoms with E-state index in [1.807, 2.05) is 6.92 Å². The zero-order valence-corrected chi connectivity index (χ0v) is 12.0. The Morgan fingerprint density at radius 3 is 2.74 bits per heavy atom. The van der Waals surface area contributed by atoms with Crippen molar-refractivity contribution in [3.05, 3.63) is 0 Å². The first-order valence-corrected chi connectivity index (χ1v) is 7.26. The fraction of sp³-hybridized carbons (Fsp3) is 0.929. The molecule has 5 heteroatoms. The summed E-state index contributed by atoms with van der Waals surface area (Å²) in [4.78, 5) is 14.4. The largest absolute Gasteiger partial charge is 0.466 e. The molecule has 0 bridgehead atoms. The molecule has 2 aliphatic heterocycles. The van der Waals surface area contributed by atoms with Gasteiger partial charge in [-0.3, -0.25) is 9.69 Å². The molecule has 2 aliphatic rings. The number of carbonyl (C=O) groups excluding carboxylic acids is 1. The molecule has 2 unspecified atom stereocenters. The molecule has 2 rings (SSSR count). The standard InChI is InChI=1S/C14H25NO4/c1-3-18-13(16)11-14(4-7-19-12(2)10-14)15-5-8-17-9-6-15/h12H,3-11H2,1-2H3. The molecule has 5 nitrogen and oxygen atoms in total. The second kappa shape index (κ2) is 6.68. The molecule has 0 aliphatic carbocycles. The Bertz CT molecular complexity index is 304. The van der Waals surface area contributed by atoms with Crippen LogP contribution < -0.4 is 0 Å². The topological polar surface area (TPSA) is 48.0 Å². The molecule has 19 heavy (non-hydrogen) atoms. The van der Waals surface area contributed by atoms with Gasteiger partial charge in [-0.25, -0.2) is 0 Å². The van der Waals surface area contributed by atoms with Crippen molar-refractivity contribution in [3.63, 3.8) is 0 Å². The van der Waals surface area contributed by atoms with Crippen LogP contribution in [-0.2, 0) is 19.0 Å². The Morgan fingerprint density at radius 1 is 1.37 bits per heavy atom. The Labute approximate surface area is 115 Å². The molecule has 2 atom stereocenters. The smallest absolute Gasteiger partial charge is 0.307 e. The summed E-state index contributed by atoms with van der Waals surface area (Å²) in [6.07, 6.45) is 2.46.